The molecular weight excluding hydrogens is 196 g/mol. The monoisotopic (exact) mass is 206 g/mol. The lowest BCUT2D eigenvalue weighted by Gasteiger charge is -2.15. The Kier molecular flexibility index (Phi) is 2.11. The van der Waals surface area contributed by atoms with Crippen molar-refractivity contribution in [3.05, 3.63) is 33.2 Å². The lowest BCUT2D eigenvalue weighted by Crippen LogP contribution is -2.28. The molecule has 2 aliphatic rings. The van der Waals surface area contributed by atoms with E-state index in [1.807, 2.05) is 13.8 Å². The van der Waals surface area contributed by atoms with E-state index in [0.717, 1.165) is 0 Å². The number of nitrogens with one attached hydrogen (secondary N) is 1. The molecular formula is C9H10N4O2. The van der Waals surface area contributed by atoms with Crippen molar-refractivity contribution in [3.8, 4) is 11.5 Å². The van der Waals surface area contributed by atoms with Crippen molar-refractivity contribution in [1.29, 1.82) is 0 Å². The highest BCUT2D eigenvalue weighted by molar-refractivity contribution is 5.48. The smallest absolute Gasteiger partial charge is 0.327 e. The third-order valence-corrected chi connectivity index (χ3v) is 2.09. The summed E-state index contributed by atoms with van der Waals surface area (Å²) in [5.74, 6) is 0.321. The molecule has 15 heavy (non-hydrogen) atoms. The van der Waals surface area contributed by atoms with Crippen LogP contribution in [0.3, 0.4) is 0 Å². The van der Waals surface area contributed by atoms with Crippen molar-refractivity contribution in [2.45, 2.75) is 19.9 Å². The molecule has 6 nitrogen and oxygen atoms in total. The SMILES string of the molecule is CC(C)n1ccnc2c(=O)[nH]c(=O)nc1-2. The van der Waals surface area contributed by atoms with Gasteiger partial charge < -0.3 is 4.57 Å². The van der Waals surface area contributed by atoms with Gasteiger partial charge in [-0.1, -0.05) is 0 Å². The fourth-order valence-electron chi connectivity index (χ4n) is 1.40. The van der Waals surface area contributed by atoms with Crippen LogP contribution in [-0.2, 0) is 0 Å². The van der Waals surface area contributed by atoms with E-state index in [0.29, 0.717) is 5.82 Å². The van der Waals surface area contributed by atoms with Crippen LogP contribution < -0.4 is 11.2 Å². The first kappa shape index (κ1) is 9.57. The molecule has 0 spiro atoms. The normalized spacial score (nSPS) is 11.1. The van der Waals surface area contributed by atoms with Gasteiger partial charge in [-0.3, -0.25) is 9.78 Å². The first-order valence-corrected chi connectivity index (χ1v) is 4.57. The van der Waals surface area contributed by atoms with Crippen molar-refractivity contribution in [2.75, 3.05) is 0 Å². The van der Waals surface area contributed by atoms with Crippen LogP contribution in [0, 0.1) is 0 Å². The zero-order chi connectivity index (χ0) is 11.0. The van der Waals surface area contributed by atoms with Gasteiger partial charge in [-0.2, -0.15) is 4.98 Å². The molecule has 2 rings (SSSR count). The van der Waals surface area contributed by atoms with Gasteiger partial charge >= 0.3 is 5.69 Å². The van der Waals surface area contributed by atoms with Crippen LogP contribution in [0.2, 0.25) is 0 Å². The second-order valence-electron chi connectivity index (χ2n) is 3.47. The standard InChI is InChI=1S/C9H10N4O2/c1-5(2)13-4-3-10-6-7(13)11-9(15)12-8(6)14/h3-5H,1-2H3,(H,12,14,15). The van der Waals surface area contributed by atoms with Crippen molar-refractivity contribution in [1.82, 2.24) is 19.5 Å². The van der Waals surface area contributed by atoms with Crippen LogP contribution in [-0.4, -0.2) is 19.5 Å². The molecule has 0 fully saturated rings. The van der Waals surface area contributed by atoms with Gasteiger partial charge in [-0.05, 0) is 13.8 Å². The Morgan fingerprint density at radius 3 is 2.80 bits per heavy atom. The number of rotatable bonds is 1. The zero-order valence-corrected chi connectivity index (χ0v) is 8.39. The molecule has 0 saturated heterocycles. The number of aromatic nitrogens is 4. The topological polar surface area (TPSA) is 80.6 Å². The van der Waals surface area contributed by atoms with Crippen molar-refractivity contribution in [3.63, 3.8) is 0 Å². The molecule has 0 unspecified atom stereocenters. The molecule has 2 aliphatic heterocycles. The number of H-pyrrole nitrogens is 1. The maximum absolute atomic E-state index is 11.4. The van der Waals surface area contributed by atoms with E-state index in [4.69, 9.17) is 0 Å². The lowest BCUT2D eigenvalue weighted by atomic mass is 10.3. The maximum Gasteiger partial charge on any atom is 0.349 e. The summed E-state index contributed by atoms with van der Waals surface area (Å²) in [5, 5.41) is 0. The van der Waals surface area contributed by atoms with Gasteiger partial charge in [0.15, 0.2) is 11.5 Å². The predicted octanol–water partition coefficient (Wildman–Crippen LogP) is 0.0123. The third-order valence-electron chi connectivity index (χ3n) is 2.09. The summed E-state index contributed by atoms with van der Waals surface area (Å²) in [6, 6.07) is 0.115. The van der Waals surface area contributed by atoms with Crippen LogP contribution in [0.15, 0.2) is 22.0 Å². The van der Waals surface area contributed by atoms with Crippen LogP contribution in [0.25, 0.3) is 11.5 Å². The van der Waals surface area contributed by atoms with Gasteiger partial charge in [0.2, 0.25) is 0 Å². The molecule has 0 aliphatic carbocycles. The molecule has 0 bridgehead atoms. The van der Waals surface area contributed by atoms with E-state index in [-0.39, 0.29) is 11.7 Å². The second-order valence-corrected chi connectivity index (χ2v) is 3.47. The molecule has 0 amide bonds. The number of hydrogen-bond acceptors (Lipinski definition) is 4. The highest BCUT2D eigenvalue weighted by Crippen LogP contribution is 2.14. The summed E-state index contributed by atoms with van der Waals surface area (Å²) in [5.41, 5.74) is -0.958. The second kappa shape index (κ2) is 3.30. The summed E-state index contributed by atoms with van der Waals surface area (Å²) in [6.45, 7) is 3.87. The molecule has 1 N–H and O–H groups in total. The minimum atomic E-state index is -0.644. The fraction of sp³-hybridized carbons (Fsp3) is 0.333. The van der Waals surface area contributed by atoms with Gasteiger partial charge in [0.1, 0.15) is 0 Å². The van der Waals surface area contributed by atoms with Gasteiger partial charge in [0.05, 0.1) is 0 Å². The molecule has 0 aromatic carbocycles. The molecule has 0 radical (unpaired) electrons. The van der Waals surface area contributed by atoms with Crippen LogP contribution in [0.4, 0.5) is 0 Å². The van der Waals surface area contributed by atoms with E-state index < -0.39 is 11.2 Å². The van der Waals surface area contributed by atoms with Crippen molar-refractivity contribution < 1.29 is 0 Å². The van der Waals surface area contributed by atoms with E-state index >= 15 is 0 Å². The van der Waals surface area contributed by atoms with Gasteiger partial charge in [-0.25, -0.2) is 9.78 Å². The summed E-state index contributed by atoms with van der Waals surface area (Å²) < 4.78 is 1.74. The number of hydrogen-bond donors (Lipinski definition) is 1. The highest BCUT2D eigenvalue weighted by atomic mass is 16.2. The molecule has 6 heteroatoms. The molecule has 0 aromatic heterocycles. The zero-order valence-electron chi connectivity index (χ0n) is 8.39. The Labute approximate surface area is 85.0 Å². The van der Waals surface area contributed by atoms with Gasteiger partial charge in [0, 0.05) is 18.4 Å². The fourth-order valence-corrected chi connectivity index (χ4v) is 1.40. The molecule has 0 saturated carbocycles. The molecule has 78 valence electrons. The quantitative estimate of drug-likeness (QED) is 0.712. The minimum absolute atomic E-state index is 0.115. The predicted molar refractivity (Wildman–Crippen MR) is 53.9 cm³/mol. The number of nitrogens with zero attached hydrogens (tertiary/aromatic N) is 3. The van der Waals surface area contributed by atoms with Crippen LogP contribution >= 0.6 is 0 Å². The average Bonchev–Trinajstić information content (AvgIpc) is 2.16. The van der Waals surface area contributed by atoms with E-state index in [1.54, 1.807) is 10.8 Å². The molecule has 2 heterocycles. The highest BCUT2D eigenvalue weighted by Gasteiger charge is 2.15. The summed E-state index contributed by atoms with van der Waals surface area (Å²) >= 11 is 0. The third kappa shape index (κ3) is 1.54. The van der Waals surface area contributed by atoms with Crippen LogP contribution in [0.1, 0.15) is 19.9 Å². The van der Waals surface area contributed by atoms with Gasteiger partial charge in [-0.15, -0.1) is 0 Å². The summed E-state index contributed by atoms with van der Waals surface area (Å²) in [7, 11) is 0. The Morgan fingerprint density at radius 2 is 2.13 bits per heavy atom. The van der Waals surface area contributed by atoms with E-state index in [9.17, 15) is 9.59 Å². The van der Waals surface area contributed by atoms with Gasteiger partial charge in [0.25, 0.3) is 5.56 Å². The first-order valence-electron chi connectivity index (χ1n) is 4.57. The first-order chi connectivity index (χ1) is 7.09. The Balaban J connectivity index is 2.88. The van der Waals surface area contributed by atoms with E-state index in [1.165, 1.54) is 6.20 Å². The number of fused-ring (bicyclic) bond motifs is 1. The van der Waals surface area contributed by atoms with Crippen molar-refractivity contribution in [2.24, 2.45) is 0 Å². The van der Waals surface area contributed by atoms with E-state index in [2.05, 4.69) is 15.0 Å². The Hall–Kier alpha value is -1.98. The minimum Gasteiger partial charge on any atom is -0.327 e. The lowest BCUT2D eigenvalue weighted by molar-refractivity contribution is 0.586. The largest absolute Gasteiger partial charge is 0.349 e. The summed E-state index contributed by atoms with van der Waals surface area (Å²) in [4.78, 5) is 32.2. The number of aromatic amines is 1. The molecule has 0 aromatic rings. The Morgan fingerprint density at radius 1 is 1.40 bits per heavy atom. The van der Waals surface area contributed by atoms with Crippen LogP contribution in [0.5, 0.6) is 0 Å². The average molecular weight is 206 g/mol. The summed E-state index contributed by atoms with van der Waals surface area (Å²) in [6.07, 6.45) is 3.21. The molecule has 0 atom stereocenters. The van der Waals surface area contributed by atoms with Crippen molar-refractivity contribution >= 4 is 0 Å². The maximum atomic E-state index is 11.4. The Bertz CT molecular complexity index is 569.